The number of fused-ring (bicyclic) bond motifs is 1. The number of anilines is 2. The molecule has 0 spiro atoms. The Kier molecular flexibility index (Phi) is 4.20. The number of aryl methyl sites for hydroxylation is 1. The van der Waals surface area contributed by atoms with Crippen molar-refractivity contribution in [3.05, 3.63) is 35.5 Å². The summed E-state index contributed by atoms with van der Waals surface area (Å²) in [5.41, 5.74) is 6.50. The summed E-state index contributed by atoms with van der Waals surface area (Å²) in [5, 5.41) is 5.75. The molecule has 0 saturated heterocycles. The fourth-order valence-corrected chi connectivity index (χ4v) is 2.38. The lowest BCUT2D eigenvalue weighted by Gasteiger charge is -2.19. The first-order chi connectivity index (χ1) is 11.0. The number of hydrogen-bond acceptors (Lipinski definition) is 6. The van der Waals surface area contributed by atoms with Crippen molar-refractivity contribution in [1.82, 2.24) is 19.7 Å². The van der Waals surface area contributed by atoms with Crippen molar-refractivity contribution in [1.29, 1.82) is 0 Å². The Morgan fingerprint density at radius 2 is 2.00 bits per heavy atom. The maximum Gasteiger partial charge on any atom is 0.224 e. The second kappa shape index (κ2) is 6.29. The van der Waals surface area contributed by atoms with E-state index in [0.717, 1.165) is 17.0 Å². The average Bonchev–Trinajstić information content (AvgIpc) is 2.90. The molecule has 0 unspecified atom stereocenters. The summed E-state index contributed by atoms with van der Waals surface area (Å²) in [6.07, 6.45) is 1.74. The van der Waals surface area contributed by atoms with Crippen molar-refractivity contribution in [3.8, 4) is 5.75 Å². The predicted octanol–water partition coefficient (Wildman–Crippen LogP) is 2.11. The lowest BCUT2D eigenvalue weighted by atomic mass is 10.3. The van der Waals surface area contributed by atoms with E-state index in [1.54, 1.807) is 23.0 Å². The molecule has 2 N–H and O–H groups in total. The Hall–Kier alpha value is -2.54. The minimum Gasteiger partial charge on any atom is -0.492 e. The quantitative estimate of drug-likeness (QED) is 0.770. The van der Waals surface area contributed by atoms with E-state index in [2.05, 4.69) is 15.1 Å². The molecule has 0 aliphatic heterocycles. The van der Waals surface area contributed by atoms with Crippen LogP contribution >= 0.6 is 11.6 Å². The van der Waals surface area contributed by atoms with Crippen LogP contribution in [0.1, 0.15) is 0 Å². The highest BCUT2D eigenvalue weighted by molar-refractivity contribution is 6.30. The molecule has 23 heavy (non-hydrogen) atoms. The van der Waals surface area contributed by atoms with Crippen molar-refractivity contribution < 1.29 is 4.74 Å². The highest BCUT2D eigenvalue weighted by atomic mass is 35.5. The molecule has 7 nitrogen and oxygen atoms in total. The van der Waals surface area contributed by atoms with Gasteiger partial charge in [0.25, 0.3) is 0 Å². The summed E-state index contributed by atoms with van der Waals surface area (Å²) in [7, 11) is 3.75. The van der Waals surface area contributed by atoms with Crippen LogP contribution in [0.5, 0.6) is 5.75 Å². The Labute approximate surface area is 138 Å². The van der Waals surface area contributed by atoms with Crippen molar-refractivity contribution >= 4 is 34.4 Å². The SMILES string of the molecule is CN(CCOc1ccc(Cl)cc1)c1nc(N)nc2c1cnn2C. The number of aromatic nitrogens is 4. The third kappa shape index (κ3) is 3.29. The Bertz CT molecular complexity index is 817. The molecule has 0 saturated carbocycles. The Balaban J connectivity index is 1.71. The van der Waals surface area contributed by atoms with E-state index in [-0.39, 0.29) is 5.95 Å². The number of rotatable bonds is 5. The van der Waals surface area contributed by atoms with Crippen molar-refractivity contribution in [2.45, 2.75) is 0 Å². The first kappa shape index (κ1) is 15.4. The number of nitrogens with zero attached hydrogens (tertiary/aromatic N) is 5. The Morgan fingerprint density at radius 1 is 1.26 bits per heavy atom. The van der Waals surface area contributed by atoms with Gasteiger partial charge < -0.3 is 15.4 Å². The maximum absolute atomic E-state index is 5.85. The molecule has 0 radical (unpaired) electrons. The molecule has 120 valence electrons. The van der Waals surface area contributed by atoms with Crippen LogP contribution in [-0.2, 0) is 7.05 Å². The molecule has 0 aliphatic rings. The van der Waals surface area contributed by atoms with Crippen LogP contribution in [0.3, 0.4) is 0 Å². The van der Waals surface area contributed by atoms with Crippen molar-refractivity contribution in [2.75, 3.05) is 30.8 Å². The summed E-state index contributed by atoms with van der Waals surface area (Å²) in [4.78, 5) is 10.5. The van der Waals surface area contributed by atoms with Gasteiger partial charge in [-0.2, -0.15) is 15.1 Å². The van der Waals surface area contributed by atoms with Crippen LogP contribution in [0.25, 0.3) is 11.0 Å². The zero-order chi connectivity index (χ0) is 16.4. The number of halogens is 1. The van der Waals surface area contributed by atoms with Gasteiger partial charge in [-0.1, -0.05) is 11.6 Å². The van der Waals surface area contributed by atoms with Gasteiger partial charge in [-0.15, -0.1) is 0 Å². The summed E-state index contributed by atoms with van der Waals surface area (Å²) in [5.74, 6) is 1.73. The van der Waals surface area contributed by atoms with Gasteiger partial charge in [0.1, 0.15) is 18.2 Å². The van der Waals surface area contributed by atoms with Gasteiger partial charge >= 0.3 is 0 Å². The van der Waals surface area contributed by atoms with Crippen LogP contribution in [-0.4, -0.2) is 39.9 Å². The number of ether oxygens (including phenoxy) is 1. The number of benzene rings is 1. The monoisotopic (exact) mass is 332 g/mol. The van der Waals surface area contributed by atoms with E-state index >= 15 is 0 Å². The van der Waals surface area contributed by atoms with E-state index in [1.165, 1.54) is 0 Å². The molecule has 0 fully saturated rings. The van der Waals surface area contributed by atoms with Crippen LogP contribution < -0.4 is 15.4 Å². The number of nitrogens with two attached hydrogens (primary N) is 1. The zero-order valence-corrected chi connectivity index (χ0v) is 13.7. The van der Waals surface area contributed by atoms with Gasteiger partial charge in [0, 0.05) is 19.1 Å². The van der Waals surface area contributed by atoms with Gasteiger partial charge in [0.15, 0.2) is 5.65 Å². The summed E-state index contributed by atoms with van der Waals surface area (Å²) < 4.78 is 7.38. The van der Waals surface area contributed by atoms with Crippen LogP contribution in [0.2, 0.25) is 5.02 Å². The molecule has 0 aliphatic carbocycles. The van der Waals surface area contributed by atoms with Crippen LogP contribution in [0.4, 0.5) is 11.8 Å². The molecule has 3 aromatic rings. The molecular formula is C15H17ClN6O. The van der Waals surface area contributed by atoms with Gasteiger partial charge in [-0.3, -0.25) is 4.68 Å². The van der Waals surface area contributed by atoms with E-state index in [4.69, 9.17) is 22.1 Å². The maximum atomic E-state index is 5.85. The topological polar surface area (TPSA) is 82.1 Å². The van der Waals surface area contributed by atoms with E-state index in [9.17, 15) is 0 Å². The molecule has 1 aromatic carbocycles. The molecule has 3 rings (SSSR count). The van der Waals surface area contributed by atoms with Gasteiger partial charge in [0.2, 0.25) is 5.95 Å². The molecule has 2 aromatic heterocycles. The van der Waals surface area contributed by atoms with Gasteiger partial charge in [-0.25, -0.2) is 0 Å². The molecule has 2 heterocycles. The largest absolute Gasteiger partial charge is 0.492 e. The summed E-state index contributed by atoms with van der Waals surface area (Å²) in [6, 6.07) is 7.27. The number of likely N-dealkylation sites (N-methyl/N-ethyl adjacent to an activating group) is 1. The van der Waals surface area contributed by atoms with Gasteiger partial charge in [-0.05, 0) is 24.3 Å². The zero-order valence-electron chi connectivity index (χ0n) is 12.9. The third-order valence-electron chi connectivity index (χ3n) is 3.46. The standard InChI is InChI=1S/C15H17ClN6O/c1-21(7-8-23-11-5-3-10(16)4-6-11)13-12-9-18-22(2)14(12)20-15(17)19-13/h3-6,9H,7-8H2,1-2H3,(H2,17,19,20). The Morgan fingerprint density at radius 3 is 2.74 bits per heavy atom. The number of hydrogen-bond donors (Lipinski definition) is 1. The number of nitrogen functional groups attached to an aromatic ring is 1. The molecule has 8 heteroatoms. The molecular weight excluding hydrogens is 316 g/mol. The minimum atomic E-state index is 0.224. The van der Waals surface area contributed by atoms with Crippen molar-refractivity contribution in [2.24, 2.45) is 7.05 Å². The summed E-state index contributed by atoms with van der Waals surface area (Å²) in [6.45, 7) is 1.15. The lowest BCUT2D eigenvalue weighted by molar-refractivity contribution is 0.326. The first-order valence-electron chi connectivity index (χ1n) is 7.09. The smallest absolute Gasteiger partial charge is 0.224 e. The average molecular weight is 333 g/mol. The van der Waals surface area contributed by atoms with E-state index < -0.39 is 0 Å². The predicted molar refractivity (Wildman–Crippen MR) is 90.9 cm³/mol. The van der Waals surface area contributed by atoms with Gasteiger partial charge in [0.05, 0.1) is 18.1 Å². The second-order valence-electron chi connectivity index (χ2n) is 5.13. The molecule has 0 bridgehead atoms. The van der Waals surface area contributed by atoms with Crippen molar-refractivity contribution in [3.63, 3.8) is 0 Å². The third-order valence-corrected chi connectivity index (χ3v) is 3.71. The minimum absolute atomic E-state index is 0.224. The molecule has 0 amide bonds. The fourth-order valence-electron chi connectivity index (χ4n) is 2.25. The normalized spacial score (nSPS) is 10.9. The fraction of sp³-hybridized carbons (Fsp3) is 0.267. The highest BCUT2D eigenvalue weighted by Gasteiger charge is 2.13. The van der Waals surface area contributed by atoms with E-state index in [0.29, 0.717) is 23.8 Å². The first-order valence-corrected chi connectivity index (χ1v) is 7.47. The summed E-state index contributed by atoms with van der Waals surface area (Å²) >= 11 is 5.85. The second-order valence-corrected chi connectivity index (χ2v) is 5.57. The highest BCUT2D eigenvalue weighted by Crippen LogP contribution is 2.23. The molecule has 0 atom stereocenters. The van der Waals surface area contributed by atoms with E-state index in [1.807, 2.05) is 31.1 Å². The lowest BCUT2D eigenvalue weighted by Crippen LogP contribution is -2.25. The van der Waals surface area contributed by atoms with Crippen LogP contribution in [0, 0.1) is 0 Å². The van der Waals surface area contributed by atoms with Crippen LogP contribution in [0.15, 0.2) is 30.5 Å².